The molecule has 4 rings (SSSR count). The molecule has 0 bridgehead atoms. The zero-order chi connectivity index (χ0) is 19.3. The molecule has 1 saturated heterocycles. The minimum atomic E-state index is -0.174. The molecule has 0 saturated carbocycles. The molecule has 5 nitrogen and oxygen atoms in total. The van der Waals surface area contributed by atoms with E-state index in [0.29, 0.717) is 5.76 Å². The van der Waals surface area contributed by atoms with Crippen molar-refractivity contribution < 1.29 is 9.21 Å². The summed E-state index contributed by atoms with van der Waals surface area (Å²) in [6, 6.07) is 15.8. The summed E-state index contributed by atoms with van der Waals surface area (Å²) in [6.07, 6.45) is 7.83. The van der Waals surface area contributed by atoms with Crippen molar-refractivity contribution in [1.29, 1.82) is 0 Å². The second-order valence-electron chi connectivity index (χ2n) is 7.48. The Balaban J connectivity index is 1.35. The van der Waals surface area contributed by atoms with E-state index in [4.69, 9.17) is 4.42 Å². The molecule has 146 valence electrons. The molecule has 1 aliphatic rings. The number of benzene rings is 1. The average molecular weight is 377 g/mol. The molecule has 1 aromatic carbocycles. The van der Waals surface area contributed by atoms with E-state index in [-0.39, 0.29) is 11.9 Å². The van der Waals surface area contributed by atoms with Crippen molar-refractivity contribution in [2.75, 3.05) is 13.1 Å². The van der Waals surface area contributed by atoms with Gasteiger partial charge in [-0.1, -0.05) is 18.6 Å². The number of amides is 1. The Kier molecular flexibility index (Phi) is 5.63. The normalized spacial score (nSPS) is 16.0. The van der Waals surface area contributed by atoms with Crippen LogP contribution in [0.3, 0.4) is 0 Å². The number of nitrogens with one attached hydrogen (secondary N) is 1. The highest BCUT2D eigenvalue weighted by atomic mass is 16.4. The van der Waals surface area contributed by atoms with Gasteiger partial charge in [-0.3, -0.25) is 9.69 Å². The Hall–Kier alpha value is -2.79. The molecule has 2 aromatic heterocycles. The van der Waals surface area contributed by atoms with Gasteiger partial charge in [-0.05, 0) is 74.8 Å². The number of hydrogen-bond donors (Lipinski definition) is 1. The zero-order valence-corrected chi connectivity index (χ0v) is 16.3. The third-order valence-electron chi connectivity index (χ3n) is 5.36. The smallest absolute Gasteiger partial charge is 0.287 e. The minimum absolute atomic E-state index is 0.0955. The van der Waals surface area contributed by atoms with Crippen LogP contribution in [0.1, 0.15) is 54.1 Å². The van der Waals surface area contributed by atoms with Gasteiger partial charge in [-0.15, -0.1) is 0 Å². The molecule has 1 aliphatic heterocycles. The number of hydrogen-bond acceptors (Lipinski definition) is 3. The summed E-state index contributed by atoms with van der Waals surface area (Å²) >= 11 is 0. The molecular weight excluding hydrogens is 350 g/mol. The van der Waals surface area contributed by atoms with Crippen LogP contribution in [0.4, 0.5) is 0 Å². The quantitative estimate of drug-likeness (QED) is 0.686. The molecule has 1 atom stereocenters. The second kappa shape index (κ2) is 8.48. The highest BCUT2D eigenvalue weighted by Crippen LogP contribution is 2.18. The fourth-order valence-electron chi connectivity index (χ4n) is 3.72. The number of carbonyl (C=O) groups is 1. The molecule has 0 spiro atoms. The maximum Gasteiger partial charge on any atom is 0.287 e. The van der Waals surface area contributed by atoms with Crippen LogP contribution in [-0.4, -0.2) is 28.5 Å². The predicted octanol–water partition coefficient (Wildman–Crippen LogP) is 4.55. The van der Waals surface area contributed by atoms with Crippen LogP contribution >= 0.6 is 0 Å². The van der Waals surface area contributed by atoms with Crippen LogP contribution in [0.15, 0.2) is 65.3 Å². The minimum Gasteiger partial charge on any atom is -0.455 e. The molecule has 0 radical (unpaired) electrons. The number of aromatic nitrogens is 1. The van der Waals surface area contributed by atoms with Crippen LogP contribution in [0.2, 0.25) is 0 Å². The summed E-state index contributed by atoms with van der Waals surface area (Å²) in [5.74, 6) is 1.06. The first-order valence-corrected chi connectivity index (χ1v) is 10.0. The van der Waals surface area contributed by atoms with E-state index in [9.17, 15) is 4.79 Å². The summed E-state index contributed by atoms with van der Waals surface area (Å²) in [6.45, 7) is 4.99. The summed E-state index contributed by atoms with van der Waals surface area (Å²) in [5, 5.41) is 3.03. The highest BCUT2D eigenvalue weighted by molar-refractivity contribution is 5.91. The Morgan fingerprint density at radius 3 is 2.46 bits per heavy atom. The van der Waals surface area contributed by atoms with Crippen LogP contribution in [0, 0.1) is 0 Å². The molecule has 28 heavy (non-hydrogen) atoms. The molecule has 1 unspecified atom stereocenters. The van der Waals surface area contributed by atoms with Gasteiger partial charge in [0.25, 0.3) is 5.91 Å². The van der Waals surface area contributed by atoms with Crippen molar-refractivity contribution in [3.8, 4) is 5.69 Å². The first kappa shape index (κ1) is 18.6. The van der Waals surface area contributed by atoms with Gasteiger partial charge in [0.05, 0.1) is 12.6 Å². The van der Waals surface area contributed by atoms with Crippen LogP contribution in [-0.2, 0) is 6.54 Å². The maximum absolute atomic E-state index is 12.6. The number of likely N-dealkylation sites (tertiary alicyclic amines) is 1. The Labute approximate surface area is 166 Å². The van der Waals surface area contributed by atoms with E-state index in [0.717, 1.165) is 36.6 Å². The summed E-state index contributed by atoms with van der Waals surface area (Å²) in [7, 11) is 0. The predicted molar refractivity (Wildman–Crippen MR) is 109 cm³/mol. The van der Waals surface area contributed by atoms with Gasteiger partial charge in [0.2, 0.25) is 0 Å². The lowest BCUT2D eigenvalue weighted by Crippen LogP contribution is -2.29. The van der Waals surface area contributed by atoms with Gasteiger partial charge < -0.3 is 14.3 Å². The van der Waals surface area contributed by atoms with Crippen molar-refractivity contribution >= 4 is 5.91 Å². The third kappa shape index (κ3) is 4.37. The first-order chi connectivity index (χ1) is 13.7. The van der Waals surface area contributed by atoms with Crippen molar-refractivity contribution in [3.05, 3.63) is 78.0 Å². The monoisotopic (exact) mass is 377 g/mol. The van der Waals surface area contributed by atoms with E-state index in [1.807, 2.05) is 49.6 Å². The number of carbonyl (C=O) groups excluding carboxylic acids is 1. The number of furan rings is 1. The molecule has 1 N–H and O–H groups in total. The second-order valence-corrected chi connectivity index (χ2v) is 7.48. The van der Waals surface area contributed by atoms with E-state index in [1.165, 1.54) is 19.3 Å². The topological polar surface area (TPSA) is 50.4 Å². The van der Waals surface area contributed by atoms with Crippen LogP contribution in [0.5, 0.6) is 0 Å². The lowest BCUT2D eigenvalue weighted by molar-refractivity contribution is 0.0907. The molecule has 3 aromatic rings. The van der Waals surface area contributed by atoms with Gasteiger partial charge in [-0.2, -0.15) is 0 Å². The van der Waals surface area contributed by atoms with E-state index in [2.05, 4.69) is 26.9 Å². The van der Waals surface area contributed by atoms with Crippen LogP contribution in [0.25, 0.3) is 5.69 Å². The summed E-state index contributed by atoms with van der Waals surface area (Å²) in [5.41, 5.74) is 2.16. The summed E-state index contributed by atoms with van der Waals surface area (Å²) < 4.78 is 7.85. The van der Waals surface area contributed by atoms with Gasteiger partial charge >= 0.3 is 0 Å². The van der Waals surface area contributed by atoms with Crippen molar-refractivity contribution in [2.45, 2.75) is 38.8 Å². The van der Waals surface area contributed by atoms with E-state index >= 15 is 0 Å². The SMILES string of the molecule is CC(NC(=O)c1ccc(CN2CCCCC2)o1)c1ccc(-n2cccc2)cc1. The molecule has 3 heterocycles. The van der Waals surface area contributed by atoms with Crippen molar-refractivity contribution in [3.63, 3.8) is 0 Å². The van der Waals surface area contributed by atoms with Gasteiger partial charge in [0, 0.05) is 18.1 Å². The molecular formula is C23H27N3O2. The average Bonchev–Trinajstić information content (AvgIpc) is 3.41. The lowest BCUT2D eigenvalue weighted by atomic mass is 10.1. The molecule has 1 amide bonds. The van der Waals surface area contributed by atoms with E-state index in [1.54, 1.807) is 6.07 Å². The standard InChI is InChI=1S/C23H27N3O2/c1-18(19-7-9-20(10-8-19)26-15-5-6-16-26)24-23(27)22-12-11-21(28-22)17-25-13-3-2-4-14-25/h5-12,15-16,18H,2-4,13-14,17H2,1H3,(H,24,27). The summed E-state index contributed by atoms with van der Waals surface area (Å²) in [4.78, 5) is 15.0. The largest absolute Gasteiger partial charge is 0.455 e. The number of rotatable bonds is 6. The molecule has 1 fully saturated rings. The Morgan fingerprint density at radius 2 is 1.75 bits per heavy atom. The van der Waals surface area contributed by atoms with Gasteiger partial charge in [0.15, 0.2) is 5.76 Å². The Morgan fingerprint density at radius 1 is 1.04 bits per heavy atom. The number of nitrogens with zero attached hydrogens (tertiary/aromatic N) is 2. The fourth-order valence-corrected chi connectivity index (χ4v) is 3.72. The van der Waals surface area contributed by atoms with E-state index < -0.39 is 0 Å². The lowest BCUT2D eigenvalue weighted by Gasteiger charge is -2.25. The third-order valence-corrected chi connectivity index (χ3v) is 5.36. The van der Waals surface area contributed by atoms with Gasteiger partial charge in [-0.25, -0.2) is 0 Å². The van der Waals surface area contributed by atoms with Gasteiger partial charge in [0.1, 0.15) is 5.76 Å². The Bertz CT molecular complexity index is 890. The number of piperidine rings is 1. The molecule has 5 heteroatoms. The zero-order valence-electron chi connectivity index (χ0n) is 16.3. The fraction of sp³-hybridized carbons (Fsp3) is 0.348. The van der Waals surface area contributed by atoms with Crippen LogP contribution < -0.4 is 5.32 Å². The maximum atomic E-state index is 12.6. The highest BCUT2D eigenvalue weighted by Gasteiger charge is 2.17. The van der Waals surface area contributed by atoms with Crippen molar-refractivity contribution in [1.82, 2.24) is 14.8 Å². The molecule has 0 aliphatic carbocycles. The van der Waals surface area contributed by atoms with Crippen molar-refractivity contribution in [2.24, 2.45) is 0 Å². The first-order valence-electron chi connectivity index (χ1n) is 10.0.